The molecular formula is C9H7ClIN. The summed E-state index contributed by atoms with van der Waals surface area (Å²) in [5.41, 5.74) is 1.19. The van der Waals surface area contributed by atoms with Gasteiger partial charge in [-0.15, -0.1) is 0 Å². The molecule has 0 aliphatic rings. The molecule has 0 aliphatic carbocycles. The molecule has 0 aliphatic heterocycles. The average Bonchev–Trinajstić information content (AvgIpc) is 2.31. The van der Waals surface area contributed by atoms with E-state index in [0.29, 0.717) is 0 Å². The van der Waals surface area contributed by atoms with Crippen molar-refractivity contribution in [1.29, 1.82) is 0 Å². The first kappa shape index (κ1) is 8.38. The van der Waals surface area contributed by atoms with Crippen molar-refractivity contribution in [3.05, 3.63) is 33.0 Å². The van der Waals surface area contributed by atoms with E-state index < -0.39 is 0 Å². The van der Waals surface area contributed by atoms with Gasteiger partial charge in [-0.2, -0.15) is 0 Å². The van der Waals surface area contributed by atoms with Crippen LogP contribution in [0.15, 0.2) is 24.3 Å². The van der Waals surface area contributed by atoms with Gasteiger partial charge in [0.1, 0.15) is 0 Å². The van der Waals surface area contributed by atoms with Crippen molar-refractivity contribution < 1.29 is 0 Å². The maximum atomic E-state index is 5.88. The van der Waals surface area contributed by atoms with Crippen LogP contribution in [-0.4, -0.2) is 4.57 Å². The molecule has 0 N–H and O–H groups in total. The molecule has 1 aromatic heterocycles. The van der Waals surface area contributed by atoms with E-state index in [4.69, 9.17) is 11.6 Å². The molecule has 2 rings (SSSR count). The number of halogens is 2. The van der Waals surface area contributed by atoms with Gasteiger partial charge in [-0.05, 0) is 40.8 Å². The van der Waals surface area contributed by atoms with E-state index in [1.165, 1.54) is 14.6 Å². The van der Waals surface area contributed by atoms with Crippen LogP contribution in [0.5, 0.6) is 0 Å². The van der Waals surface area contributed by atoms with Gasteiger partial charge < -0.3 is 4.57 Å². The van der Waals surface area contributed by atoms with E-state index in [0.717, 1.165) is 5.02 Å². The van der Waals surface area contributed by atoms with Crippen LogP contribution in [0.1, 0.15) is 0 Å². The Labute approximate surface area is 89.5 Å². The number of aromatic nitrogens is 1. The molecule has 0 unspecified atom stereocenters. The van der Waals surface area contributed by atoms with Gasteiger partial charge in [0, 0.05) is 17.5 Å². The van der Waals surface area contributed by atoms with Crippen molar-refractivity contribution in [2.45, 2.75) is 0 Å². The van der Waals surface area contributed by atoms with Crippen molar-refractivity contribution >= 4 is 45.1 Å². The maximum absolute atomic E-state index is 5.88. The zero-order chi connectivity index (χ0) is 8.72. The standard InChI is InChI=1S/C9H7ClIN/c1-12-8-5-7(10)3-2-6(8)4-9(12)11/h2-5H,1H3. The Bertz CT molecular complexity index is 433. The third-order valence-corrected chi connectivity index (χ3v) is 3.22. The first-order valence-corrected chi connectivity index (χ1v) is 5.04. The van der Waals surface area contributed by atoms with E-state index in [-0.39, 0.29) is 0 Å². The Morgan fingerprint density at radius 1 is 1.33 bits per heavy atom. The summed E-state index contributed by atoms with van der Waals surface area (Å²) in [7, 11) is 2.04. The molecule has 0 atom stereocenters. The molecule has 0 spiro atoms. The van der Waals surface area contributed by atoms with Gasteiger partial charge in [-0.25, -0.2) is 0 Å². The van der Waals surface area contributed by atoms with Gasteiger partial charge in [0.25, 0.3) is 0 Å². The fraction of sp³-hybridized carbons (Fsp3) is 0.111. The third-order valence-electron chi connectivity index (χ3n) is 1.95. The Hall–Kier alpha value is -0.220. The summed E-state index contributed by atoms with van der Waals surface area (Å²) in [4.78, 5) is 0. The summed E-state index contributed by atoms with van der Waals surface area (Å²) in [6, 6.07) is 8.09. The number of nitrogens with zero attached hydrogens (tertiary/aromatic N) is 1. The lowest BCUT2D eigenvalue weighted by Gasteiger charge is -1.97. The highest BCUT2D eigenvalue weighted by molar-refractivity contribution is 14.1. The van der Waals surface area contributed by atoms with Crippen molar-refractivity contribution in [1.82, 2.24) is 4.57 Å². The average molecular weight is 292 g/mol. The Kier molecular flexibility index (Phi) is 2.04. The van der Waals surface area contributed by atoms with Crippen LogP contribution in [0, 0.1) is 3.70 Å². The topological polar surface area (TPSA) is 4.93 Å². The van der Waals surface area contributed by atoms with Crippen LogP contribution in [0.4, 0.5) is 0 Å². The summed E-state index contributed by atoms with van der Waals surface area (Å²) in [6.45, 7) is 0. The highest BCUT2D eigenvalue weighted by Crippen LogP contribution is 2.23. The molecule has 0 fully saturated rings. The summed E-state index contributed by atoms with van der Waals surface area (Å²) < 4.78 is 3.35. The number of rotatable bonds is 0. The Morgan fingerprint density at radius 2 is 2.08 bits per heavy atom. The number of benzene rings is 1. The molecule has 1 aromatic carbocycles. The first-order chi connectivity index (χ1) is 5.68. The zero-order valence-electron chi connectivity index (χ0n) is 6.51. The predicted molar refractivity (Wildman–Crippen MR) is 60.6 cm³/mol. The maximum Gasteiger partial charge on any atom is 0.0806 e. The van der Waals surface area contributed by atoms with Gasteiger partial charge >= 0.3 is 0 Å². The highest BCUT2D eigenvalue weighted by Gasteiger charge is 2.02. The van der Waals surface area contributed by atoms with Gasteiger partial charge in [0.2, 0.25) is 0 Å². The van der Waals surface area contributed by atoms with Gasteiger partial charge in [0.15, 0.2) is 0 Å². The summed E-state index contributed by atoms with van der Waals surface area (Å²) in [5, 5.41) is 2.03. The van der Waals surface area contributed by atoms with E-state index in [1.54, 1.807) is 0 Å². The van der Waals surface area contributed by atoms with Crippen LogP contribution in [0.3, 0.4) is 0 Å². The van der Waals surface area contributed by atoms with Crippen LogP contribution in [0.2, 0.25) is 5.02 Å². The number of aryl methyl sites for hydroxylation is 1. The van der Waals surface area contributed by atoms with E-state index >= 15 is 0 Å². The molecule has 1 nitrogen and oxygen atoms in total. The molecule has 0 radical (unpaired) electrons. The quantitative estimate of drug-likeness (QED) is 0.655. The lowest BCUT2D eigenvalue weighted by molar-refractivity contribution is 0.938. The Balaban J connectivity index is 2.88. The highest BCUT2D eigenvalue weighted by atomic mass is 127. The van der Waals surface area contributed by atoms with Crippen LogP contribution in [-0.2, 0) is 7.05 Å². The van der Waals surface area contributed by atoms with E-state index in [9.17, 15) is 0 Å². The van der Waals surface area contributed by atoms with Crippen molar-refractivity contribution in [3.63, 3.8) is 0 Å². The van der Waals surface area contributed by atoms with Crippen LogP contribution < -0.4 is 0 Å². The second kappa shape index (κ2) is 2.92. The van der Waals surface area contributed by atoms with Crippen molar-refractivity contribution in [2.24, 2.45) is 7.05 Å². The third kappa shape index (κ3) is 1.23. The monoisotopic (exact) mass is 291 g/mol. The molecule has 0 saturated heterocycles. The van der Waals surface area contributed by atoms with Crippen LogP contribution in [0.25, 0.3) is 10.9 Å². The van der Waals surface area contributed by atoms with E-state index in [2.05, 4.69) is 33.2 Å². The van der Waals surface area contributed by atoms with Crippen molar-refractivity contribution in [3.8, 4) is 0 Å². The molecular weight excluding hydrogens is 284 g/mol. The number of fused-ring (bicyclic) bond motifs is 1. The van der Waals surface area contributed by atoms with Gasteiger partial charge in [-0.3, -0.25) is 0 Å². The molecule has 62 valence electrons. The zero-order valence-corrected chi connectivity index (χ0v) is 9.43. The van der Waals surface area contributed by atoms with Gasteiger partial charge in [0.05, 0.1) is 9.22 Å². The normalized spacial score (nSPS) is 10.9. The number of hydrogen-bond donors (Lipinski definition) is 0. The first-order valence-electron chi connectivity index (χ1n) is 3.59. The van der Waals surface area contributed by atoms with Crippen LogP contribution >= 0.6 is 34.2 Å². The fourth-order valence-corrected chi connectivity index (χ4v) is 2.03. The van der Waals surface area contributed by atoms with Crippen molar-refractivity contribution in [2.75, 3.05) is 0 Å². The second-order valence-corrected chi connectivity index (χ2v) is 4.27. The predicted octanol–water partition coefficient (Wildman–Crippen LogP) is 3.44. The lowest BCUT2D eigenvalue weighted by Crippen LogP contribution is -1.88. The smallest absolute Gasteiger partial charge is 0.0806 e. The van der Waals surface area contributed by atoms with E-state index in [1.807, 2.05) is 25.2 Å². The molecule has 0 saturated carbocycles. The molecule has 0 bridgehead atoms. The lowest BCUT2D eigenvalue weighted by atomic mass is 10.2. The summed E-state index contributed by atoms with van der Waals surface area (Å²) >= 11 is 8.19. The molecule has 12 heavy (non-hydrogen) atoms. The molecule has 0 amide bonds. The molecule has 1 heterocycles. The molecule has 3 heteroatoms. The SMILES string of the molecule is Cn1c(I)cc2ccc(Cl)cc21. The van der Waals surface area contributed by atoms with Gasteiger partial charge in [-0.1, -0.05) is 17.7 Å². The fourth-order valence-electron chi connectivity index (χ4n) is 1.27. The Morgan fingerprint density at radius 3 is 2.83 bits per heavy atom. The number of hydrogen-bond acceptors (Lipinski definition) is 0. The minimum Gasteiger partial charge on any atom is -0.339 e. The largest absolute Gasteiger partial charge is 0.339 e. The second-order valence-electron chi connectivity index (χ2n) is 2.73. The summed E-state index contributed by atoms with van der Waals surface area (Å²) in [5.74, 6) is 0. The minimum absolute atomic E-state index is 0.792. The molecule has 2 aromatic rings. The minimum atomic E-state index is 0.792. The summed E-state index contributed by atoms with van der Waals surface area (Å²) in [6.07, 6.45) is 0.